The van der Waals surface area contributed by atoms with Gasteiger partial charge in [-0.15, -0.1) is 0 Å². The summed E-state index contributed by atoms with van der Waals surface area (Å²) in [5.74, 6) is 0.0960. The zero-order valence-electron chi connectivity index (χ0n) is 10.5. The van der Waals surface area contributed by atoms with Crippen LogP contribution < -0.4 is 15.5 Å². The van der Waals surface area contributed by atoms with E-state index >= 15 is 0 Å². The van der Waals surface area contributed by atoms with Crippen LogP contribution in [0.1, 0.15) is 12.0 Å². The van der Waals surface area contributed by atoms with Crippen LogP contribution >= 0.6 is 15.9 Å². The molecule has 0 bridgehead atoms. The highest BCUT2D eigenvalue weighted by Crippen LogP contribution is 2.27. The SMILES string of the molecule is CNCc1ccc(N2CCCNC(=O)C2)c(Br)c1. The Balaban J connectivity index is 2.18. The van der Waals surface area contributed by atoms with Gasteiger partial charge in [0.2, 0.25) is 5.91 Å². The van der Waals surface area contributed by atoms with Gasteiger partial charge in [-0.1, -0.05) is 6.07 Å². The first-order valence-corrected chi connectivity index (χ1v) is 6.94. The molecule has 0 radical (unpaired) electrons. The third kappa shape index (κ3) is 3.23. The van der Waals surface area contributed by atoms with Crippen LogP contribution in [0.3, 0.4) is 0 Å². The number of hydrogen-bond donors (Lipinski definition) is 2. The molecule has 1 aliphatic rings. The average Bonchev–Trinajstić information content (AvgIpc) is 2.54. The van der Waals surface area contributed by atoms with Gasteiger partial charge >= 0.3 is 0 Å². The highest BCUT2D eigenvalue weighted by molar-refractivity contribution is 9.10. The number of carbonyl (C=O) groups excluding carboxylic acids is 1. The third-order valence-electron chi connectivity index (χ3n) is 3.00. The highest BCUT2D eigenvalue weighted by atomic mass is 79.9. The van der Waals surface area contributed by atoms with Gasteiger partial charge in [0.1, 0.15) is 0 Å². The van der Waals surface area contributed by atoms with Crippen molar-refractivity contribution >= 4 is 27.5 Å². The number of hydrogen-bond acceptors (Lipinski definition) is 3. The van der Waals surface area contributed by atoms with Crippen molar-refractivity contribution < 1.29 is 4.79 Å². The summed E-state index contributed by atoms with van der Waals surface area (Å²) in [5.41, 5.74) is 2.32. The van der Waals surface area contributed by atoms with E-state index in [1.54, 1.807) is 0 Å². The molecule has 0 aliphatic carbocycles. The second-order valence-corrected chi connectivity index (χ2v) is 5.30. The molecule has 0 aromatic heterocycles. The highest BCUT2D eigenvalue weighted by Gasteiger charge is 2.16. The topological polar surface area (TPSA) is 44.4 Å². The summed E-state index contributed by atoms with van der Waals surface area (Å²) in [6.45, 7) is 2.96. The first-order chi connectivity index (χ1) is 8.70. The Labute approximate surface area is 116 Å². The molecule has 5 heteroatoms. The third-order valence-corrected chi connectivity index (χ3v) is 3.63. The van der Waals surface area contributed by atoms with E-state index in [0.717, 1.165) is 36.2 Å². The van der Waals surface area contributed by atoms with Crippen LogP contribution in [0.25, 0.3) is 0 Å². The molecular formula is C13H18BrN3O. The molecule has 1 heterocycles. The van der Waals surface area contributed by atoms with Gasteiger partial charge in [-0.3, -0.25) is 4.79 Å². The molecule has 1 amide bonds. The van der Waals surface area contributed by atoms with Gasteiger partial charge in [0, 0.05) is 24.1 Å². The molecule has 1 saturated heterocycles. The Morgan fingerprint density at radius 2 is 2.33 bits per heavy atom. The normalized spacial score (nSPS) is 16.3. The zero-order chi connectivity index (χ0) is 13.0. The quantitative estimate of drug-likeness (QED) is 0.889. The standard InChI is InChI=1S/C13H18BrN3O/c1-15-8-10-3-4-12(11(14)7-10)17-6-2-5-16-13(18)9-17/h3-4,7,15H,2,5-6,8-9H2,1H3,(H,16,18). The maximum Gasteiger partial charge on any atom is 0.239 e. The van der Waals surface area contributed by atoms with Crippen molar-refractivity contribution in [3.05, 3.63) is 28.2 Å². The average molecular weight is 312 g/mol. The molecule has 0 spiro atoms. The van der Waals surface area contributed by atoms with E-state index in [1.165, 1.54) is 5.56 Å². The van der Waals surface area contributed by atoms with Crippen molar-refractivity contribution in [2.75, 3.05) is 31.6 Å². The van der Waals surface area contributed by atoms with Crippen molar-refractivity contribution in [1.29, 1.82) is 0 Å². The molecule has 0 saturated carbocycles. The molecule has 2 rings (SSSR count). The van der Waals surface area contributed by atoms with E-state index in [4.69, 9.17) is 0 Å². The number of nitrogens with zero attached hydrogens (tertiary/aromatic N) is 1. The van der Waals surface area contributed by atoms with Crippen LogP contribution in [0.4, 0.5) is 5.69 Å². The lowest BCUT2D eigenvalue weighted by Gasteiger charge is -2.23. The number of amides is 1. The van der Waals surface area contributed by atoms with Crippen molar-refractivity contribution in [1.82, 2.24) is 10.6 Å². The number of halogens is 1. The maximum absolute atomic E-state index is 11.6. The number of carbonyl (C=O) groups is 1. The van der Waals surface area contributed by atoms with Crippen LogP contribution in [0.5, 0.6) is 0 Å². The minimum absolute atomic E-state index is 0.0960. The molecular weight excluding hydrogens is 294 g/mol. The van der Waals surface area contributed by atoms with E-state index in [0.29, 0.717) is 6.54 Å². The predicted molar refractivity (Wildman–Crippen MR) is 76.7 cm³/mol. The van der Waals surface area contributed by atoms with Crippen LogP contribution in [0, 0.1) is 0 Å². The van der Waals surface area contributed by atoms with E-state index in [-0.39, 0.29) is 5.91 Å². The van der Waals surface area contributed by atoms with Crippen molar-refractivity contribution in [3.8, 4) is 0 Å². The van der Waals surface area contributed by atoms with Crippen molar-refractivity contribution in [3.63, 3.8) is 0 Å². The largest absolute Gasteiger partial charge is 0.361 e. The minimum Gasteiger partial charge on any atom is -0.361 e. The van der Waals surface area contributed by atoms with E-state index in [9.17, 15) is 4.79 Å². The summed E-state index contributed by atoms with van der Waals surface area (Å²) in [7, 11) is 1.93. The zero-order valence-corrected chi connectivity index (χ0v) is 12.1. The van der Waals surface area contributed by atoms with Gasteiger partial charge in [-0.05, 0) is 47.1 Å². The number of benzene rings is 1. The Morgan fingerprint density at radius 3 is 3.06 bits per heavy atom. The lowest BCUT2D eigenvalue weighted by Crippen LogP contribution is -2.33. The summed E-state index contributed by atoms with van der Waals surface area (Å²) < 4.78 is 1.05. The molecule has 2 N–H and O–H groups in total. The molecule has 1 aromatic rings. The fraction of sp³-hybridized carbons (Fsp3) is 0.462. The van der Waals surface area contributed by atoms with E-state index in [2.05, 4.69) is 49.7 Å². The van der Waals surface area contributed by atoms with Crippen LogP contribution in [-0.4, -0.2) is 32.6 Å². The first-order valence-electron chi connectivity index (χ1n) is 6.15. The molecule has 1 aromatic carbocycles. The van der Waals surface area contributed by atoms with Crippen molar-refractivity contribution in [2.45, 2.75) is 13.0 Å². The molecule has 1 aliphatic heterocycles. The van der Waals surface area contributed by atoms with Gasteiger partial charge < -0.3 is 15.5 Å². The van der Waals surface area contributed by atoms with Gasteiger partial charge in [0.15, 0.2) is 0 Å². The lowest BCUT2D eigenvalue weighted by molar-refractivity contribution is -0.119. The second-order valence-electron chi connectivity index (χ2n) is 4.44. The van der Waals surface area contributed by atoms with Gasteiger partial charge in [0.25, 0.3) is 0 Å². The second kappa shape index (κ2) is 6.20. The molecule has 18 heavy (non-hydrogen) atoms. The van der Waals surface area contributed by atoms with Gasteiger partial charge in [-0.25, -0.2) is 0 Å². The fourth-order valence-electron chi connectivity index (χ4n) is 2.13. The molecule has 1 fully saturated rings. The van der Waals surface area contributed by atoms with Gasteiger partial charge in [-0.2, -0.15) is 0 Å². The first kappa shape index (κ1) is 13.4. The monoisotopic (exact) mass is 311 g/mol. The molecule has 98 valence electrons. The number of rotatable bonds is 3. The Hall–Kier alpha value is -1.07. The van der Waals surface area contributed by atoms with Crippen LogP contribution in [0.15, 0.2) is 22.7 Å². The summed E-state index contributed by atoms with van der Waals surface area (Å²) in [6, 6.07) is 6.28. The Bertz CT molecular complexity index is 436. The van der Waals surface area contributed by atoms with Gasteiger partial charge in [0.05, 0.1) is 12.2 Å². The molecule has 0 atom stereocenters. The van der Waals surface area contributed by atoms with E-state index in [1.807, 2.05) is 7.05 Å². The summed E-state index contributed by atoms with van der Waals surface area (Å²) in [5, 5.41) is 6.02. The molecule has 0 unspecified atom stereocenters. The number of nitrogens with one attached hydrogen (secondary N) is 2. The molecule has 4 nitrogen and oxygen atoms in total. The fourth-order valence-corrected chi connectivity index (χ4v) is 2.81. The van der Waals surface area contributed by atoms with E-state index < -0.39 is 0 Å². The minimum atomic E-state index is 0.0960. The Kier molecular flexibility index (Phi) is 4.60. The Morgan fingerprint density at radius 1 is 1.50 bits per heavy atom. The summed E-state index contributed by atoms with van der Waals surface area (Å²) in [6.07, 6.45) is 0.983. The summed E-state index contributed by atoms with van der Waals surface area (Å²) in [4.78, 5) is 13.7. The van der Waals surface area contributed by atoms with Crippen LogP contribution in [0.2, 0.25) is 0 Å². The number of anilines is 1. The summed E-state index contributed by atoms with van der Waals surface area (Å²) >= 11 is 3.60. The van der Waals surface area contributed by atoms with Crippen LogP contribution in [-0.2, 0) is 11.3 Å². The van der Waals surface area contributed by atoms with Crippen molar-refractivity contribution in [2.24, 2.45) is 0 Å². The smallest absolute Gasteiger partial charge is 0.239 e. The maximum atomic E-state index is 11.6. The lowest BCUT2D eigenvalue weighted by atomic mass is 10.2. The predicted octanol–water partition coefficient (Wildman–Crippen LogP) is 1.49.